The first-order valence-corrected chi connectivity index (χ1v) is 12.4. The molecule has 1 amide bonds. The summed E-state index contributed by atoms with van der Waals surface area (Å²) in [4.78, 5) is 15.6. The molecule has 0 radical (unpaired) electrons. The first-order valence-electron chi connectivity index (χ1n) is 10.7. The number of hydrogen-bond acceptors (Lipinski definition) is 3. The Kier molecular flexibility index (Phi) is 5.42. The van der Waals surface area contributed by atoms with Crippen LogP contribution in [0.1, 0.15) is 24.1 Å². The van der Waals surface area contributed by atoms with Gasteiger partial charge in [0.1, 0.15) is 0 Å². The van der Waals surface area contributed by atoms with E-state index in [-0.39, 0.29) is 26.9 Å². The van der Waals surface area contributed by atoms with Crippen molar-refractivity contribution >= 4 is 31.0 Å². The number of ether oxygens (including phenoxy) is 2. The Bertz CT molecular complexity index is 1170. The van der Waals surface area contributed by atoms with E-state index < -0.39 is 5.60 Å². The minimum atomic E-state index is -0.930. The van der Waals surface area contributed by atoms with Crippen LogP contribution in [0.25, 0.3) is 0 Å². The molecule has 2 aliphatic rings. The Morgan fingerprint density at radius 2 is 1.66 bits per heavy atom. The van der Waals surface area contributed by atoms with E-state index in [4.69, 9.17) is 9.47 Å². The van der Waals surface area contributed by atoms with E-state index in [1.807, 2.05) is 35.2 Å². The molecule has 0 N–H and O–H groups in total. The zero-order valence-electron chi connectivity index (χ0n) is 18.4. The van der Waals surface area contributed by atoms with E-state index in [1.165, 1.54) is 14.5 Å². The van der Waals surface area contributed by atoms with Gasteiger partial charge in [-0.15, -0.1) is 0 Å². The number of carbonyl (C=O) groups is 1. The molecule has 2 aliphatic heterocycles. The molecule has 4 nitrogen and oxygen atoms in total. The van der Waals surface area contributed by atoms with Crippen molar-refractivity contribution < 1.29 is 14.3 Å². The Morgan fingerprint density at radius 1 is 0.969 bits per heavy atom. The fourth-order valence-corrected chi connectivity index (χ4v) is 6.62. The van der Waals surface area contributed by atoms with Crippen LogP contribution >= 0.6 is 0 Å². The number of nitrogens with zero attached hydrogens (tertiary/aromatic N) is 1. The molecule has 32 heavy (non-hydrogen) atoms. The molecule has 5 heteroatoms. The van der Waals surface area contributed by atoms with Gasteiger partial charge in [0.05, 0.1) is 0 Å². The number of anilines is 1. The Hall–Kier alpha value is -2.85. The predicted octanol–water partition coefficient (Wildman–Crippen LogP) is 4.16. The third-order valence-electron chi connectivity index (χ3n) is 6.31. The van der Waals surface area contributed by atoms with E-state index in [1.54, 1.807) is 7.11 Å². The summed E-state index contributed by atoms with van der Waals surface area (Å²) in [6, 6.07) is 26.3. The summed E-state index contributed by atoms with van der Waals surface area (Å²) in [5, 5.41) is 0. The van der Waals surface area contributed by atoms with Gasteiger partial charge >= 0.3 is 195 Å². The zero-order valence-corrected chi connectivity index (χ0v) is 20.1. The van der Waals surface area contributed by atoms with Gasteiger partial charge < -0.3 is 0 Å². The Morgan fingerprint density at radius 3 is 2.31 bits per heavy atom. The second-order valence-corrected chi connectivity index (χ2v) is 10.6. The minimum absolute atomic E-state index is 0.00426. The second-order valence-electron chi connectivity index (χ2n) is 8.17. The first kappa shape index (κ1) is 21.0. The van der Waals surface area contributed by atoms with Crippen LogP contribution in [-0.4, -0.2) is 40.2 Å². The molecule has 5 rings (SSSR count). The van der Waals surface area contributed by atoms with E-state index in [2.05, 4.69) is 62.4 Å². The van der Waals surface area contributed by atoms with Gasteiger partial charge in [-0.05, 0) is 0 Å². The van der Waals surface area contributed by atoms with Crippen molar-refractivity contribution in [2.45, 2.75) is 25.5 Å². The second kappa shape index (κ2) is 8.25. The third kappa shape index (κ3) is 3.29. The number of amides is 1. The van der Waals surface area contributed by atoms with Crippen LogP contribution in [0.2, 0.25) is 0 Å². The summed E-state index contributed by atoms with van der Waals surface area (Å²) in [6.07, 6.45) is 0. The molecule has 2 heterocycles. The first-order chi connectivity index (χ1) is 15.5. The maximum atomic E-state index is 13.7. The number of β-lactam (4-membered cyclic amide) rings is 1. The number of benzene rings is 3. The van der Waals surface area contributed by atoms with Gasteiger partial charge in [0.2, 0.25) is 0 Å². The molecule has 3 aromatic carbocycles. The van der Waals surface area contributed by atoms with Crippen molar-refractivity contribution in [1.82, 2.24) is 0 Å². The Balaban J connectivity index is 1.56. The van der Waals surface area contributed by atoms with E-state index in [0.717, 1.165) is 22.6 Å². The molecule has 0 bridgehead atoms. The number of rotatable bonds is 5. The van der Waals surface area contributed by atoms with Crippen LogP contribution in [0.4, 0.5) is 5.69 Å². The van der Waals surface area contributed by atoms with Crippen LogP contribution in [-0.2, 0) is 9.53 Å². The van der Waals surface area contributed by atoms with Crippen molar-refractivity contribution in [1.29, 1.82) is 0 Å². The van der Waals surface area contributed by atoms with E-state index in [9.17, 15) is 4.79 Å². The summed E-state index contributed by atoms with van der Waals surface area (Å²) in [5.41, 5.74) is 3.27. The summed E-state index contributed by atoms with van der Waals surface area (Å²) in [5.74, 6) is 0.772. The van der Waals surface area contributed by atoms with Crippen LogP contribution in [0.15, 0.2) is 88.9 Å². The van der Waals surface area contributed by atoms with Crippen LogP contribution in [0.5, 0.6) is 5.75 Å². The van der Waals surface area contributed by atoms with Crippen LogP contribution in [0.3, 0.4) is 0 Å². The normalized spacial score (nSPS) is 22.4. The average Bonchev–Trinajstić information content (AvgIpc) is 3.16. The van der Waals surface area contributed by atoms with Crippen LogP contribution in [0, 0.1) is 6.92 Å². The Labute approximate surface area is 195 Å². The molecule has 2 atom stereocenters. The molecular formula is C27H25NO3Se. The summed E-state index contributed by atoms with van der Waals surface area (Å²) < 4.78 is 14.3. The van der Waals surface area contributed by atoms with Gasteiger partial charge in [0.15, 0.2) is 0 Å². The number of hydrogen-bond donors (Lipinski definition) is 0. The van der Waals surface area contributed by atoms with Gasteiger partial charge in [0.25, 0.3) is 0 Å². The van der Waals surface area contributed by atoms with Crippen molar-refractivity contribution in [3.05, 3.63) is 100 Å². The summed E-state index contributed by atoms with van der Waals surface area (Å²) in [7, 11) is 1.64. The molecule has 1 fully saturated rings. The summed E-state index contributed by atoms with van der Waals surface area (Å²) >= 11 is 0.132. The van der Waals surface area contributed by atoms with E-state index in [0.29, 0.717) is 6.61 Å². The molecule has 0 unspecified atom stereocenters. The quantitative estimate of drug-likeness (QED) is 0.398. The molecular weight excluding hydrogens is 465 g/mol. The van der Waals surface area contributed by atoms with Crippen molar-refractivity contribution in [2.24, 2.45) is 0 Å². The number of aryl methyl sites for hydroxylation is 1. The van der Waals surface area contributed by atoms with E-state index >= 15 is 0 Å². The van der Waals surface area contributed by atoms with Crippen LogP contribution < -0.4 is 14.1 Å². The predicted molar refractivity (Wildman–Crippen MR) is 128 cm³/mol. The molecule has 0 aromatic heterocycles. The molecule has 0 aliphatic carbocycles. The standard InChI is InChI=1S/C27H25NO3Se/c1-18-9-11-20(12-10-18)25-27(26(29)28(25)21-13-15-22(30-3)16-14-21)19(2)24(17-31-27)32-23-7-5-4-6-8-23/h4-16,25H,17H2,1-3H3/t25-,27+/m0/s1. The third-order valence-corrected chi connectivity index (χ3v) is 8.79. The average molecular weight is 490 g/mol. The molecule has 0 saturated carbocycles. The topological polar surface area (TPSA) is 38.8 Å². The van der Waals surface area contributed by atoms with Crippen molar-refractivity contribution in [2.75, 3.05) is 18.6 Å². The van der Waals surface area contributed by atoms with Gasteiger partial charge in [-0.2, -0.15) is 0 Å². The fourth-order valence-electron chi connectivity index (χ4n) is 4.52. The van der Waals surface area contributed by atoms with Crippen molar-refractivity contribution in [3.8, 4) is 5.75 Å². The SMILES string of the molecule is COc1ccc(N2C(=O)[C@]3(OCC([Se]c4ccccc4)=C3C)[C@@H]2c2ccc(C)cc2)cc1. The monoisotopic (exact) mass is 491 g/mol. The molecule has 3 aromatic rings. The molecule has 1 spiro atoms. The van der Waals surface area contributed by atoms with Gasteiger partial charge in [-0.25, -0.2) is 0 Å². The zero-order chi connectivity index (χ0) is 22.3. The molecule has 1 saturated heterocycles. The maximum absolute atomic E-state index is 13.7. The number of methoxy groups -OCH3 is 1. The number of carbonyl (C=O) groups excluding carboxylic acids is 1. The van der Waals surface area contributed by atoms with Crippen molar-refractivity contribution in [3.63, 3.8) is 0 Å². The fraction of sp³-hybridized carbons (Fsp3) is 0.222. The summed E-state index contributed by atoms with van der Waals surface area (Å²) in [6.45, 7) is 4.66. The van der Waals surface area contributed by atoms with Gasteiger partial charge in [-0.1, -0.05) is 0 Å². The van der Waals surface area contributed by atoms with Gasteiger partial charge in [-0.3, -0.25) is 0 Å². The molecule has 162 valence electrons. The van der Waals surface area contributed by atoms with Gasteiger partial charge in [0, 0.05) is 0 Å².